The standard InChI is InChI=1S/C16H10Cl2N2.ClH/c1-20-13-5-3-2-4-10(13)14(18)15-16(20)11-8-9(17)6-7-12(11)19-15;/h2-8H,1H3;1H. The number of H-pyrrole nitrogens is 1. The van der Waals surface area contributed by atoms with E-state index in [1.807, 2.05) is 36.4 Å². The molecule has 0 unspecified atom stereocenters. The van der Waals surface area contributed by atoms with Crippen molar-refractivity contribution < 1.29 is 17.0 Å². The van der Waals surface area contributed by atoms with Crippen molar-refractivity contribution in [2.24, 2.45) is 7.05 Å². The zero-order valence-corrected chi connectivity index (χ0v) is 13.4. The van der Waals surface area contributed by atoms with Crippen LogP contribution in [0.25, 0.3) is 32.8 Å². The summed E-state index contributed by atoms with van der Waals surface area (Å²) in [6, 6.07) is 14.0. The summed E-state index contributed by atoms with van der Waals surface area (Å²) in [6.07, 6.45) is 0. The van der Waals surface area contributed by atoms with Crippen LogP contribution >= 0.6 is 23.2 Å². The SMILES string of the molecule is C[n+]1c2ccccc2c(Cl)c2[nH]c3ccc(Cl)cc3c21.[Cl-]. The molecule has 0 aliphatic rings. The van der Waals surface area contributed by atoms with E-state index in [0.29, 0.717) is 0 Å². The lowest BCUT2D eigenvalue weighted by Crippen LogP contribution is -3.00. The Hall–Kier alpha value is -1.48. The van der Waals surface area contributed by atoms with E-state index in [-0.39, 0.29) is 12.4 Å². The molecule has 0 aliphatic carbocycles. The van der Waals surface area contributed by atoms with E-state index >= 15 is 0 Å². The van der Waals surface area contributed by atoms with Crippen molar-refractivity contribution in [2.75, 3.05) is 0 Å². The van der Waals surface area contributed by atoms with Crippen molar-refractivity contribution in [1.82, 2.24) is 4.98 Å². The van der Waals surface area contributed by atoms with Crippen molar-refractivity contribution >= 4 is 56.0 Å². The van der Waals surface area contributed by atoms with E-state index in [1.54, 1.807) is 0 Å². The van der Waals surface area contributed by atoms with Crippen LogP contribution in [-0.4, -0.2) is 4.98 Å². The normalized spacial score (nSPS) is 11.2. The molecule has 0 bridgehead atoms. The van der Waals surface area contributed by atoms with Gasteiger partial charge in [0, 0.05) is 11.1 Å². The lowest BCUT2D eigenvalue weighted by atomic mass is 10.1. The van der Waals surface area contributed by atoms with Crippen molar-refractivity contribution in [2.45, 2.75) is 0 Å². The average molecular weight is 338 g/mol. The first kappa shape index (κ1) is 14.5. The Balaban J connectivity index is 0.00000132. The maximum Gasteiger partial charge on any atom is 0.240 e. The minimum absolute atomic E-state index is 0. The number of fused-ring (bicyclic) bond motifs is 4. The molecule has 2 nitrogen and oxygen atoms in total. The van der Waals surface area contributed by atoms with Gasteiger partial charge >= 0.3 is 0 Å². The van der Waals surface area contributed by atoms with Gasteiger partial charge in [-0.2, -0.15) is 4.57 Å². The smallest absolute Gasteiger partial charge is 0.240 e. The maximum atomic E-state index is 6.58. The number of pyridine rings is 1. The first-order chi connectivity index (χ1) is 9.66. The molecule has 2 aromatic heterocycles. The number of benzene rings is 2. The number of rotatable bonds is 0. The Morgan fingerprint density at radius 3 is 2.57 bits per heavy atom. The second-order valence-electron chi connectivity index (χ2n) is 4.93. The van der Waals surface area contributed by atoms with Gasteiger partial charge in [-0.25, -0.2) is 0 Å². The van der Waals surface area contributed by atoms with Crippen LogP contribution in [0.15, 0.2) is 42.5 Å². The Kier molecular flexibility index (Phi) is 3.48. The maximum absolute atomic E-state index is 6.58. The second-order valence-corrected chi connectivity index (χ2v) is 5.74. The third-order valence-corrected chi connectivity index (χ3v) is 4.42. The lowest BCUT2D eigenvalue weighted by molar-refractivity contribution is -0.616. The van der Waals surface area contributed by atoms with Gasteiger partial charge in [0.2, 0.25) is 11.0 Å². The molecular weight excluding hydrogens is 327 g/mol. The number of para-hydroxylation sites is 1. The van der Waals surface area contributed by atoms with Crippen LogP contribution in [0.5, 0.6) is 0 Å². The van der Waals surface area contributed by atoms with Gasteiger partial charge in [0.15, 0.2) is 0 Å². The molecule has 4 aromatic rings. The molecule has 0 amide bonds. The summed E-state index contributed by atoms with van der Waals surface area (Å²) in [5.41, 5.74) is 4.17. The highest BCUT2D eigenvalue weighted by molar-refractivity contribution is 6.40. The van der Waals surface area contributed by atoms with Crippen molar-refractivity contribution in [3.05, 3.63) is 52.5 Å². The quantitative estimate of drug-likeness (QED) is 0.470. The van der Waals surface area contributed by atoms with E-state index in [9.17, 15) is 0 Å². The van der Waals surface area contributed by atoms with Crippen LogP contribution in [0.4, 0.5) is 0 Å². The number of aryl methyl sites for hydroxylation is 1. The van der Waals surface area contributed by atoms with E-state index < -0.39 is 0 Å². The molecule has 1 N–H and O–H groups in total. The zero-order chi connectivity index (χ0) is 13.9. The Bertz CT molecular complexity index is 989. The average Bonchev–Trinajstić information content (AvgIpc) is 2.84. The Labute approximate surface area is 137 Å². The van der Waals surface area contributed by atoms with E-state index in [0.717, 1.165) is 42.9 Å². The highest BCUT2D eigenvalue weighted by Gasteiger charge is 2.21. The Morgan fingerprint density at radius 1 is 1.00 bits per heavy atom. The van der Waals surface area contributed by atoms with Gasteiger partial charge in [-0.05, 0) is 24.3 Å². The summed E-state index contributed by atoms with van der Waals surface area (Å²) in [4.78, 5) is 3.40. The van der Waals surface area contributed by atoms with E-state index in [4.69, 9.17) is 23.2 Å². The minimum atomic E-state index is 0. The van der Waals surface area contributed by atoms with E-state index in [2.05, 4.69) is 22.7 Å². The van der Waals surface area contributed by atoms with Crippen LogP contribution in [0, 0.1) is 0 Å². The molecule has 5 heteroatoms. The lowest BCUT2D eigenvalue weighted by Gasteiger charge is -2.01. The monoisotopic (exact) mass is 336 g/mol. The van der Waals surface area contributed by atoms with Crippen LogP contribution in [0.2, 0.25) is 10.0 Å². The van der Waals surface area contributed by atoms with Gasteiger partial charge in [0.25, 0.3) is 0 Å². The third-order valence-electron chi connectivity index (χ3n) is 3.79. The molecular formula is C16H11Cl3N2. The molecule has 0 aliphatic heterocycles. The van der Waals surface area contributed by atoms with Gasteiger partial charge in [0.05, 0.1) is 21.3 Å². The topological polar surface area (TPSA) is 19.7 Å². The predicted molar refractivity (Wildman–Crippen MR) is 84.5 cm³/mol. The van der Waals surface area contributed by atoms with Crippen LogP contribution in [-0.2, 0) is 7.05 Å². The summed E-state index contributed by atoms with van der Waals surface area (Å²) in [5, 5.41) is 3.60. The van der Waals surface area contributed by atoms with Crippen LogP contribution in [0.3, 0.4) is 0 Å². The molecule has 2 aromatic carbocycles. The molecule has 21 heavy (non-hydrogen) atoms. The summed E-state index contributed by atoms with van der Waals surface area (Å²) in [7, 11) is 2.05. The molecule has 106 valence electrons. The fourth-order valence-corrected chi connectivity index (χ4v) is 3.33. The van der Waals surface area contributed by atoms with Crippen molar-refractivity contribution in [3.63, 3.8) is 0 Å². The molecule has 0 saturated heterocycles. The number of nitrogens with one attached hydrogen (secondary N) is 1. The van der Waals surface area contributed by atoms with Gasteiger partial charge < -0.3 is 17.4 Å². The first-order valence-corrected chi connectivity index (χ1v) is 7.09. The molecule has 0 fully saturated rings. The highest BCUT2D eigenvalue weighted by Crippen LogP contribution is 2.33. The molecule has 0 saturated carbocycles. The number of hydrogen-bond acceptors (Lipinski definition) is 0. The molecule has 2 heterocycles. The number of aromatic amines is 1. The van der Waals surface area contributed by atoms with Crippen molar-refractivity contribution in [3.8, 4) is 0 Å². The zero-order valence-electron chi connectivity index (χ0n) is 11.1. The minimum Gasteiger partial charge on any atom is -1.00 e. The van der Waals surface area contributed by atoms with Gasteiger partial charge in [0.1, 0.15) is 12.6 Å². The number of halogens is 3. The third kappa shape index (κ3) is 1.98. The molecule has 0 spiro atoms. The predicted octanol–water partition coefficient (Wildman–Crippen LogP) is 1.61. The molecule has 4 rings (SSSR count). The second kappa shape index (κ2) is 5.06. The fourth-order valence-electron chi connectivity index (χ4n) is 2.86. The largest absolute Gasteiger partial charge is 1.00 e. The van der Waals surface area contributed by atoms with Gasteiger partial charge in [-0.3, -0.25) is 0 Å². The Morgan fingerprint density at radius 2 is 1.76 bits per heavy atom. The summed E-state index contributed by atoms with van der Waals surface area (Å²) in [6.45, 7) is 0. The fraction of sp³-hybridized carbons (Fsp3) is 0.0625. The van der Waals surface area contributed by atoms with Crippen molar-refractivity contribution in [1.29, 1.82) is 0 Å². The molecule has 0 radical (unpaired) electrons. The number of nitrogens with zero attached hydrogens (tertiary/aromatic N) is 1. The highest BCUT2D eigenvalue weighted by atomic mass is 35.5. The number of aromatic nitrogens is 2. The van der Waals surface area contributed by atoms with Gasteiger partial charge in [-0.1, -0.05) is 35.3 Å². The van der Waals surface area contributed by atoms with Gasteiger partial charge in [-0.15, -0.1) is 0 Å². The number of hydrogen-bond donors (Lipinski definition) is 1. The summed E-state index contributed by atoms with van der Waals surface area (Å²) in [5.74, 6) is 0. The summed E-state index contributed by atoms with van der Waals surface area (Å²) >= 11 is 12.7. The van der Waals surface area contributed by atoms with E-state index in [1.165, 1.54) is 0 Å². The van der Waals surface area contributed by atoms with Crippen LogP contribution < -0.4 is 17.0 Å². The first-order valence-electron chi connectivity index (χ1n) is 6.34. The van der Waals surface area contributed by atoms with Crippen LogP contribution in [0.1, 0.15) is 0 Å². The summed E-state index contributed by atoms with van der Waals surface area (Å²) < 4.78 is 2.16. The molecule has 0 atom stereocenters.